The quantitative estimate of drug-likeness (QED) is 0.445. The molecule has 0 aromatic heterocycles. The molecule has 0 bridgehead atoms. The van der Waals surface area contributed by atoms with Gasteiger partial charge in [-0.15, -0.1) is 0 Å². The van der Waals surface area contributed by atoms with Crippen molar-refractivity contribution < 1.29 is 9.90 Å². The number of carbonyl (C=O) groups is 1. The summed E-state index contributed by atoms with van der Waals surface area (Å²) in [4.78, 5) is 12.0. The van der Waals surface area contributed by atoms with Crippen molar-refractivity contribution in [1.82, 2.24) is 5.43 Å². The number of halogens is 4. The molecule has 0 aliphatic carbocycles. The average molecular weight is 511 g/mol. The van der Waals surface area contributed by atoms with E-state index in [1.54, 1.807) is 24.3 Å². The maximum atomic E-state index is 12.0. The Morgan fingerprint density at radius 2 is 1.91 bits per heavy atom. The summed E-state index contributed by atoms with van der Waals surface area (Å²) in [7, 11) is 0. The molecule has 8 heteroatoms. The molecule has 0 saturated heterocycles. The van der Waals surface area contributed by atoms with Gasteiger partial charge in [0.1, 0.15) is 5.75 Å². The zero-order chi connectivity index (χ0) is 16.3. The fourth-order valence-corrected chi connectivity index (χ4v) is 3.43. The minimum atomic E-state index is -0.417. The van der Waals surface area contributed by atoms with Crippen LogP contribution in [0, 0.1) is 0 Å². The minimum absolute atomic E-state index is 0.0325. The van der Waals surface area contributed by atoms with Crippen LogP contribution in [0.3, 0.4) is 0 Å². The Bertz CT molecular complexity index is 766. The molecule has 0 aliphatic heterocycles. The van der Waals surface area contributed by atoms with Crippen LogP contribution in [0.5, 0.6) is 5.75 Å². The van der Waals surface area contributed by atoms with Crippen LogP contribution < -0.4 is 5.43 Å². The predicted octanol–water partition coefficient (Wildman–Crippen LogP) is 5.10. The van der Waals surface area contributed by atoms with E-state index in [0.717, 1.165) is 4.47 Å². The number of benzene rings is 2. The van der Waals surface area contributed by atoms with Crippen LogP contribution in [0.2, 0.25) is 5.02 Å². The summed E-state index contributed by atoms with van der Waals surface area (Å²) in [6.07, 6.45) is 1.35. The second-order valence-corrected chi connectivity index (χ2v) is 7.21. The van der Waals surface area contributed by atoms with Crippen LogP contribution in [0.4, 0.5) is 0 Å². The van der Waals surface area contributed by atoms with E-state index in [1.807, 2.05) is 0 Å². The minimum Gasteiger partial charge on any atom is -0.506 e. The van der Waals surface area contributed by atoms with Gasteiger partial charge in [-0.3, -0.25) is 4.79 Å². The first-order chi connectivity index (χ1) is 10.4. The van der Waals surface area contributed by atoms with Crippen molar-refractivity contribution in [2.75, 3.05) is 0 Å². The van der Waals surface area contributed by atoms with Crippen LogP contribution in [-0.2, 0) is 0 Å². The topological polar surface area (TPSA) is 61.7 Å². The Morgan fingerprint density at radius 1 is 1.18 bits per heavy atom. The van der Waals surface area contributed by atoms with E-state index < -0.39 is 5.91 Å². The van der Waals surface area contributed by atoms with Crippen molar-refractivity contribution in [1.29, 1.82) is 0 Å². The highest BCUT2D eigenvalue weighted by Gasteiger charge is 2.10. The Hall–Kier alpha value is -0.890. The third kappa shape index (κ3) is 4.32. The second kappa shape index (κ2) is 7.59. The Kier molecular flexibility index (Phi) is 6.02. The summed E-state index contributed by atoms with van der Waals surface area (Å²) < 4.78 is 1.90. The van der Waals surface area contributed by atoms with Gasteiger partial charge in [0, 0.05) is 19.5 Å². The molecule has 1 amide bonds. The molecule has 0 heterocycles. The molecular weight excluding hydrogens is 503 g/mol. The first-order valence-electron chi connectivity index (χ1n) is 5.85. The standard InChI is InChI=1S/C14H8Br3ClN2O2/c15-8-3-7(13(21)12(17)4-8)6-19-20-14(22)10-5-9(18)1-2-11(10)16/h1-6,21H,(H,20,22)/b19-6+. The summed E-state index contributed by atoms with van der Waals surface area (Å²) in [5, 5.41) is 14.2. The Balaban J connectivity index is 2.16. The molecular formula is C14H8Br3ClN2O2. The lowest BCUT2D eigenvalue weighted by Gasteiger charge is -2.04. The summed E-state index contributed by atoms with van der Waals surface area (Å²) in [6, 6.07) is 8.25. The van der Waals surface area contributed by atoms with Crippen LogP contribution in [0.15, 0.2) is 48.9 Å². The number of nitrogens with one attached hydrogen (secondary N) is 1. The number of phenols is 1. The molecule has 22 heavy (non-hydrogen) atoms. The third-order valence-corrected chi connectivity index (χ3v) is 4.59. The van der Waals surface area contributed by atoms with E-state index in [9.17, 15) is 9.90 Å². The molecule has 2 rings (SSSR count). The van der Waals surface area contributed by atoms with E-state index in [2.05, 4.69) is 58.3 Å². The summed E-state index contributed by atoms with van der Waals surface area (Å²) >= 11 is 15.7. The maximum absolute atomic E-state index is 12.0. The van der Waals surface area contributed by atoms with Gasteiger partial charge in [-0.1, -0.05) is 27.5 Å². The normalized spacial score (nSPS) is 10.9. The van der Waals surface area contributed by atoms with Crippen molar-refractivity contribution in [3.63, 3.8) is 0 Å². The van der Waals surface area contributed by atoms with Crippen molar-refractivity contribution in [2.45, 2.75) is 0 Å². The van der Waals surface area contributed by atoms with Crippen LogP contribution in [-0.4, -0.2) is 17.2 Å². The fraction of sp³-hybridized carbons (Fsp3) is 0. The lowest BCUT2D eigenvalue weighted by molar-refractivity contribution is 0.0954. The molecule has 0 radical (unpaired) electrons. The third-order valence-electron chi connectivity index (χ3n) is 2.60. The number of hydrogen-bond donors (Lipinski definition) is 2. The van der Waals surface area contributed by atoms with Crippen LogP contribution >= 0.6 is 59.4 Å². The number of hydrazone groups is 1. The molecule has 2 N–H and O–H groups in total. The van der Waals surface area contributed by atoms with Gasteiger partial charge in [-0.2, -0.15) is 5.10 Å². The molecule has 0 fully saturated rings. The van der Waals surface area contributed by atoms with E-state index >= 15 is 0 Å². The molecule has 2 aromatic carbocycles. The Labute approximate surface area is 156 Å². The molecule has 0 atom stereocenters. The van der Waals surface area contributed by atoms with Gasteiger partial charge < -0.3 is 5.11 Å². The number of rotatable bonds is 3. The van der Waals surface area contributed by atoms with E-state index in [0.29, 0.717) is 25.1 Å². The number of nitrogens with zero attached hydrogens (tertiary/aromatic N) is 1. The van der Waals surface area contributed by atoms with E-state index in [-0.39, 0.29) is 5.75 Å². The lowest BCUT2D eigenvalue weighted by Crippen LogP contribution is -2.18. The van der Waals surface area contributed by atoms with Gasteiger partial charge in [0.25, 0.3) is 5.91 Å². The summed E-state index contributed by atoms with van der Waals surface area (Å²) in [5.41, 5.74) is 3.20. The average Bonchev–Trinajstić information content (AvgIpc) is 2.46. The van der Waals surface area contributed by atoms with Crippen molar-refractivity contribution >= 4 is 71.5 Å². The van der Waals surface area contributed by atoms with Gasteiger partial charge >= 0.3 is 0 Å². The van der Waals surface area contributed by atoms with Crippen LogP contribution in [0.25, 0.3) is 0 Å². The fourth-order valence-electron chi connectivity index (χ4n) is 1.58. The molecule has 114 valence electrons. The van der Waals surface area contributed by atoms with Gasteiger partial charge in [0.15, 0.2) is 0 Å². The van der Waals surface area contributed by atoms with Crippen molar-refractivity contribution in [2.24, 2.45) is 5.10 Å². The van der Waals surface area contributed by atoms with Gasteiger partial charge in [-0.05, 0) is 62.2 Å². The molecule has 0 spiro atoms. The zero-order valence-electron chi connectivity index (χ0n) is 10.8. The van der Waals surface area contributed by atoms with Crippen molar-refractivity contribution in [3.05, 3.63) is 59.9 Å². The number of amides is 1. The number of phenolic OH excluding ortho intramolecular Hbond substituents is 1. The summed E-state index contributed by atoms with van der Waals surface area (Å²) in [6.45, 7) is 0. The number of aromatic hydroxyl groups is 1. The van der Waals surface area contributed by atoms with E-state index in [4.69, 9.17) is 11.6 Å². The highest BCUT2D eigenvalue weighted by atomic mass is 79.9. The number of carbonyl (C=O) groups excluding carboxylic acids is 1. The highest BCUT2D eigenvalue weighted by Crippen LogP contribution is 2.30. The SMILES string of the molecule is O=C(N/N=C/c1cc(Br)cc(Br)c1O)c1cc(Cl)ccc1Br. The molecule has 0 aliphatic rings. The van der Waals surface area contributed by atoms with Gasteiger partial charge in [-0.25, -0.2) is 5.43 Å². The first-order valence-corrected chi connectivity index (χ1v) is 8.60. The Morgan fingerprint density at radius 3 is 2.64 bits per heavy atom. The van der Waals surface area contributed by atoms with Crippen molar-refractivity contribution in [3.8, 4) is 5.75 Å². The number of hydrogen-bond acceptors (Lipinski definition) is 3. The van der Waals surface area contributed by atoms with E-state index in [1.165, 1.54) is 12.3 Å². The zero-order valence-corrected chi connectivity index (χ0v) is 16.3. The second-order valence-electron chi connectivity index (χ2n) is 4.15. The summed E-state index contributed by atoms with van der Waals surface area (Å²) in [5.74, 6) is -0.385. The predicted molar refractivity (Wildman–Crippen MR) is 97.7 cm³/mol. The monoisotopic (exact) mass is 508 g/mol. The molecule has 4 nitrogen and oxygen atoms in total. The van der Waals surface area contributed by atoms with Gasteiger partial charge in [0.05, 0.1) is 16.3 Å². The first kappa shape index (κ1) is 17.5. The maximum Gasteiger partial charge on any atom is 0.272 e. The smallest absolute Gasteiger partial charge is 0.272 e. The largest absolute Gasteiger partial charge is 0.506 e. The molecule has 0 saturated carbocycles. The highest BCUT2D eigenvalue weighted by molar-refractivity contribution is 9.11. The van der Waals surface area contributed by atoms with Gasteiger partial charge in [0.2, 0.25) is 0 Å². The lowest BCUT2D eigenvalue weighted by atomic mass is 10.2. The van der Waals surface area contributed by atoms with Crippen LogP contribution in [0.1, 0.15) is 15.9 Å². The molecule has 2 aromatic rings. The molecule has 0 unspecified atom stereocenters.